The van der Waals surface area contributed by atoms with Crippen molar-refractivity contribution in [3.8, 4) is 0 Å². The van der Waals surface area contributed by atoms with Crippen LogP contribution in [0.4, 0.5) is 0 Å². The third-order valence-electron chi connectivity index (χ3n) is 5.96. The van der Waals surface area contributed by atoms with Gasteiger partial charge in [0.1, 0.15) is 0 Å². The molecule has 2 aromatic carbocycles. The molecule has 33 heavy (non-hydrogen) atoms. The molecule has 0 nitrogen and oxygen atoms in total. The number of benzene rings is 2. The molecule has 0 aromatic heterocycles. The van der Waals surface area contributed by atoms with Crippen molar-refractivity contribution in [2.24, 2.45) is 0 Å². The zero-order valence-electron chi connectivity index (χ0n) is 20.1. The van der Waals surface area contributed by atoms with Gasteiger partial charge in [-0.05, 0) is 0 Å². The SMILES string of the molecule is CCC(=[Se])CCCC=C(c1cc(Cl)c(C)c(C(=[Se])CC)c1)c1cc(Cl)c(C)c(C(=[Se])CC)c1. The molecule has 0 heterocycles. The van der Waals surface area contributed by atoms with Crippen LogP contribution in [0.25, 0.3) is 5.57 Å². The van der Waals surface area contributed by atoms with Crippen LogP contribution >= 0.6 is 23.2 Å². The van der Waals surface area contributed by atoms with E-state index in [2.05, 4.69) is 112 Å². The quantitative estimate of drug-likeness (QED) is 0.175. The van der Waals surface area contributed by atoms with Crippen molar-refractivity contribution >= 4 is 88.8 Å². The van der Waals surface area contributed by atoms with Crippen LogP contribution in [0.3, 0.4) is 0 Å². The Bertz CT molecular complexity index is 1020. The van der Waals surface area contributed by atoms with Crippen LogP contribution in [0.5, 0.6) is 0 Å². The van der Waals surface area contributed by atoms with Crippen molar-refractivity contribution in [3.63, 3.8) is 0 Å². The van der Waals surface area contributed by atoms with Gasteiger partial charge in [0.25, 0.3) is 0 Å². The van der Waals surface area contributed by atoms with Crippen molar-refractivity contribution in [3.05, 3.63) is 73.8 Å². The summed E-state index contributed by atoms with van der Waals surface area (Å²) in [6.07, 6.45) is 8.56. The van der Waals surface area contributed by atoms with Gasteiger partial charge in [-0.1, -0.05) is 0 Å². The Morgan fingerprint density at radius 2 is 1.21 bits per heavy atom. The molecule has 0 aliphatic heterocycles. The van der Waals surface area contributed by atoms with Crippen molar-refractivity contribution in [2.75, 3.05) is 0 Å². The van der Waals surface area contributed by atoms with E-state index in [4.69, 9.17) is 23.2 Å². The average Bonchev–Trinajstić information content (AvgIpc) is 2.81. The summed E-state index contributed by atoms with van der Waals surface area (Å²) >= 11 is 23.2. The van der Waals surface area contributed by atoms with Gasteiger partial charge >= 0.3 is 236 Å². The molecule has 0 aliphatic rings. The van der Waals surface area contributed by atoms with Crippen molar-refractivity contribution in [1.29, 1.82) is 0 Å². The molecular formula is C28H32Cl2Se3. The number of unbranched alkanes of at least 4 members (excludes halogenated alkanes) is 1. The molecule has 0 saturated heterocycles. The maximum absolute atomic E-state index is 6.74. The number of allylic oxidation sites excluding steroid dienone is 1. The normalized spacial score (nSPS) is 10.8. The van der Waals surface area contributed by atoms with Crippen LogP contribution in [-0.2, 0) is 0 Å². The van der Waals surface area contributed by atoms with Gasteiger partial charge in [-0.3, -0.25) is 0 Å². The summed E-state index contributed by atoms with van der Waals surface area (Å²) in [5.41, 5.74) is 8.07. The van der Waals surface area contributed by atoms with Crippen LogP contribution in [0.15, 0.2) is 30.3 Å². The summed E-state index contributed by atoms with van der Waals surface area (Å²) in [4.78, 5) is 0. The van der Waals surface area contributed by atoms with Crippen molar-refractivity contribution in [1.82, 2.24) is 0 Å². The van der Waals surface area contributed by atoms with E-state index in [1.165, 1.54) is 30.0 Å². The molecule has 2 aromatic rings. The molecule has 5 heteroatoms. The Balaban J connectivity index is 2.67. The maximum atomic E-state index is 6.74. The second kappa shape index (κ2) is 13.9. The minimum absolute atomic E-state index is 0.794. The third-order valence-corrected chi connectivity index (χ3v) is 9.91. The number of hydrogen-bond acceptors (Lipinski definition) is 0. The van der Waals surface area contributed by atoms with Gasteiger partial charge in [0.15, 0.2) is 0 Å². The van der Waals surface area contributed by atoms with Gasteiger partial charge < -0.3 is 0 Å². The zero-order chi connectivity index (χ0) is 24.7. The zero-order valence-corrected chi connectivity index (χ0v) is 26.8. The Morgan fingerprint density at radius 1 is 0.758 bits per heavy atom. The molecule has 0 atom stereocenters. The number of halogens is 2. The molecule has 0 saturated carbocycles. The first kappa shape index (κ1) is 29.2. The predicted molar refractivity (Wildman–Crippen MR) is 155 cm³/mol. The Kier molecular flexibility index (Phi) is 12.3. The summed E-state index contributed by atoms with van der Waals surface area (Å²) < 4.78 is 3.89. The van der Waals surface area contributed by atoms with Crippen LogP contribution in [0.2, 0.25) is 10.0 Å². The molecule has 176 valence electrons. The molecular weight excluding hydrogens is 644 g/mol. The van der Waals surface area contributed by atoms with Crippen LogP contribution in [0, 0.1) is 13.8 Å². The minimum atomic E-state index is 0.794. The molecule has 0 spiro atoms. The van der Waals surface area contributed by atoms with Gasteiger partial charge in [-0.15, -0.1) is 0 Å². The van der Waals surface area contributed by atoms with Crippen LogP contribution < -0.4 is 0 Å². The Morgan fingerprint density at radius 3 is 1.61 bits per heavy atom. The summed E-state index contributed by atoms with van der Waals surface area (Å²) in [7, 11) is 0. The fourth-order valence-electron chi connectivity index (χ4n) is 3.75. The predicted octanol–water partition coefficient (Wildman–Crippen LogP) is 7.16. The molecule has 0 amide bonds. The summed E-state index contributed by atoms with van der Waals surface area (Å²) in [5, 5.41) is 1.59. The van der Waals surface area contributed by atoms with Gasteiger partial charge in [-0.25, -0.2) is 0 Å². The standard InChI is InChI=1S/C28H32Cl2Se3/c1-6-21(31)11-9-10-12-22(19-13-23(27(32)7-2)17(4)25(29)15-19)20-14-24(28(33)8-3)18(5)26(30)16-20/h12-16H,6-11H2,1-5H3. The number of rotatable bonds is 11. The van der Waals surface area contributed by atoms with Crippen molar-refractivity contribution in [2.45, 2.75) is 73.1 Å². The van der Waals surface area contributed by atoms with E-state index in [0.717, 1.165) is 70.8 Å². The second-order valence-corrected chi connectivity index (χ2v) is 12.3. The van der Waals surface area contributed by atoms with E-state index in [1.54, 1.807) is 0 Å². The topological polar surface area (TPSA) is 0 Å². The van der Waals surface area contributed by atoms with E-state index in [9.17, 15) is 0 Å². The summed E-state index contributed by atoms with van der Waals surface area (Å²) in [6.45, 7) is 10.7. The fourth-order valence-corrected chi connectivity index (χ4v) is 5.38. The third kappa shape index (κ3) is 7.70. The summed E-state index contributed by atoms with van der Waals surface area (Å²) in [5.74, 6) is 0. The van der Waals surface area contributed by atoms with Gasteiger partial charge in [-0.2, -0.15) is 0 Å². The second-order valence-electron chi connectivity index (χ2n) is 8.22. The Labute approximate surface area is 234 Å². The van der Waals surface area contributed by atoms with E-state index in [0.29, 0.717) is 0 Å². The van der Waals surface area contributed by atoms with E-state index in [-0.39, 0.29) is 0 Å². The molecule has 0 aliphatic carbocycles. The van der Waals surface area contributed by atoms with Gasteiger partial charge in [0, 0.05) is 0 Å². The Hall–Kier alpha value is -0.0716. The van der Waals surface area contributed by atoms with Crippen LogP contribution in [-0.4, -0.2) is 60.0 Å². The fraction of sp³-hybridized carbons (Fsp3) is 0.393. The first-order valence-electron chi connectivity index (χ1n) is 11.5. The molecule has 2 rings (SSSR count). The van der Waals surface area contributed by atoms with Crippen LogP contribution in [0.1, 0.15) is 92.7 Å². The first-order chi connectivity index (χ1) is 15.6. The summed E-state index contributed by atoms with van der Waals surface area (Å²) in [6, 6.07) is 8.75. The average molecular weight is 676 g/mol. The molecule has 0 radical (unpaired) electrons. The van der Waals surface area contributed by atoms with Gasteiger partial charge in [0.2, 0.25) is 0 Å². The monoisotopic (exact) mass is 678 g/mol. The van der Waals surface area contributed by atoms with E-state index >= 15 is 0 Å². The molecule has 0 unspecified atom stereocenters. The molecule has 0 N–H and O–H groups in total. The van der Waals surface area contributed by atoms with E-state index in [1.807, 2.05) is 0 Å². The first-order valence-corrected chi connectivity index (χ1v) is 14.9. The molecule has 0 fully saturated rings. The molecule has 0 bridgehead atoms. The van der Waals surface area contributed by atoms with Crippen molar-refractivity contribution < 1.29 is 0 Å². The number of hydrogen-bond donors (Lipinski definition) is 0. The van der Waals surface area contributed by atoms with Gasteiger partial charge in [0.05, 0.1) is 0 Å². The van der Waals surface area contributed by atoms with E-state index < -0.39 is 0 Å².